The average Bonchev–Trinajstić information content (AvgIpc) is 2.40. The molecule has 0 radical (unpaired) electrons. The normalized spacial score (nSPS) is 27.8. The number of hydrogen-bond donors (Lipinski definition) is 1. The van der Waals surface area contributed by atoms with Gasteiger partial charge in [-0.05, 0) is 56.4 Å². The molecule has 122 valence electrons. The molecule has 1 aliphatic rings. The molecule has 3 nitrogen and oxygen atoms in total. The first-order chi connectivity index (χ1) is 9.86. The summed E-state index contributed by atoms with van der Waals surface area (Å²) < 4.78 is 6.11. The summed E-state index contributed by atoms with van der Waals surface area (Å²) >= 11 is 0. The van der Waals surface area contributed by atoms with Crippen LogP contribution in [0.3, 0.4) is 0 Å². The Morgan fingerprint density at radius 2 is 2.05 bits per heavy atom. The molecule has 0 aromatic heterocycles. The van der Waals surface area contributed by atoms with Crippen molar-refractivity contribution in [1.82, 2.24) is 5.32 Å². The minimum absolute atomic E-state index is 0.364. The molecule has 0 aromatic carbocycles. The molecule has 0 heterocycles. The summed E-state index contributed by atoms with van der Waals surface area (Å²) in [6, 6.07) is 2.46. The zero-order valence-corrected chi connectivity index (χ0v) is 14.7. The van der Waals surface area contributed by atoms with Crippen LogP contribution >= 0.6 is 0 Å². The first kappa shape index (κ1) is 18.5. The highest BCUT2D eigenvalue weighted by Gasteiger charge is 2.32. The van der Waals surface area contributed by atoms with Gasteiger partial charge in [0.05, 0.1) is 12.2 Å². The van der Waals surface area contributed by atoms with Gasteiger partial charge in [0.2, 0.25) is 0 Å². The minimum Gasteiger partial charge on any atom is -0.378 e. The maximum atomic E-state index is 9.41. The molecule has 21 heavy (non-hydrogen) atoms. The Labute approximate surface area is 131 Å². The second-order valence-electron chi connectivity index (χ2n) is 7.59. The van der Waals surface area contributed by atoms with Gasteiger partial charge < -0.3 is 4.74 Å². The number of nitrogens with zero attached hydrogens (tertiary/aromatic N) is 1. The van der Waals surface area contributed by atoms with E-state index in [9.17, 15) is 5.26 Å². The van der Waals surface area contributed by atoms with Gasteiger partial charge in [-0.25, -0.2) is 0 Å². The first-order valence-corrected chi connectivity index (χ1v) is 8.64. The van der Waals surface area contributed by atoms with Gasteiger partial charge in [0.25, 0.3) is 0 Å². The minimum atomic E-state index is -0.364. The zero-order valence-electron chi connectivity index (χ0n) is 14.7. The summed E-state index contributed by atoms with van der Waals surface area (Å²) in [5, 5.41) is 12.7. The maximum Gasteiger partial charge on any atom is 0.106 e. The third kappa shape index (κ3) is 5.96. The van der Waals surface area contributed by atoms with Gasteiger partial charge in [0.15, 0.2) is 0 Å². The molecule has 3 heteroatoms. The van der Waals surface area contributed by atoms with E-state index in [0.29, 0.717) is 11.5 Å². The van der Waals surface area contributed by atoms with E-state index in [1.54, 1.807) is 0 Å². The van der Waals surface area contributed by atoms with Crippen LogP contribution < -0.4 is 5.32 Å². The molecule has 1 rings (SSSR count). The Morgan fingerprint density at radius 3 is 2.57 bits per heavy atom. The molecule has 1 N–H and O–H groups in total. The summed E-state index contributed by atoms with van der Waals surface area (Å²) in [5.74, 6) is 0.759. The number of hydrogen-bond acceptors (Lipinski definition) is 3. The van der Waals surface area contributed by atoms with Crippen molar-refractivity contribution in [1.29, 1.82) is 5.26 Å². The Balaban J connectivity index is 2.35. The van der Waals surface area contributed by atoms with Crippen molar-refractivity contribution in [2.45, 2.75) is 84.8 Å². The van der Waals surface area contributed by atoms with Crippen molar-refractivity contribution < 1.29 is 4.74 Å². The van der Waals surface area contributed by atoms with E-state index >= 15 is 0 Å². The summed E-state index contributed by atoms with van der Waals surface area (Å²) in [4.78, 5) is 0. The molecule has 0 aromatic rings. The van der Waals surface area contributed by atoms with E-state index < -0.39 is 0 Å². The van der Waals surface area contributed by atoms with Gasteiger partial charge >= 0.3 is 0 Å². The summed E-state index contributed by atoms with van der Waals surface area (Å²) in [6.07, 6.45) is 6.75. The van der Waals surface area contributed by atoms with Crippen molar-refractivity contribution in [2.75, 3.05) is 13.2 Å². The molecule has 3 atom stereocenters. The third-order valence-electron chi connectivity index (χ3n) is 4.78. The van der Waals surface area contributed by atoms with Gasteiger partial charge in [-0.3, -0.25) is 5.32 Å². The molecule has 3 unspecified atom stereocenters. The molecule has 1 fully saturated rings. The monoisotopic (exact) mass is 294 g/mol. The second kappa shape index (κ2) is 8.15. The van der Waals surface area contributed by atoms with E-state index in [4.69, 9.17) is 4.74 Å². The van der Waals surface area contributed by atoms with Gasteiger partial charge in [-0.1, -0.05) is 34.6 Å². The van der Waals surface area contributed by atoms with Crippen LogP contribution in [0.15, 0.2) is 0 Å². The van der Waals surface area contributed by atoms with Crippen molar-refractivity contribution >= 4 is 0 Å². The van der Waals surface area contributed by atoms with Crippen LogP contribution in [0, 0.1) is 22.7 Å². The molecule has 0 bridgehead atoms. The van der Waals surface area contributed by atoms with E-state index in [1.165, 1.54) is 19.3 Å². The quantitative estimate of drug-likeness (QED) is 0.680. The molecular formula is C18H34N2O. The Bertz CT molecular complexity index is 348. The van der Waals surface area contributed by atoms with Crippen LogP contribution in [0.5, 0.6) is 0 Å². The van der Waals surface area contributed by atoms with Crippen LogP contribution in [0.4, 0.5) is 0 Å². The molecular weight excluding hydrogens is 260 g/mol. The van der Waals surface area contributed by atoms with E-state index in [-0.39, 0.29) is 5.54 Å². The second-order valence-corrected chi connectivity index (χ2v) is 7.59. The molecule has 0 aliphatic heterocycles. The van der Waals surface area contributed by atoms with Crippen molar-refractivity contribution in [3.8, 4) is 6.07 Å². The largest absolute Gasteiger partial charge is 0.378 e. The Hall–Kier alpha value is -0.590. The van der Waals surface area contributed by atoms with Crippen LogP contribution in [0.1, 0.15) is 73.1 Å². The molecule has 1 aliphatic carbocycles. The number of ether oxygens (including phenoxy) is 1. The highest BCUT2D eigenvalue weighted by molar-refractivity contribution is 5.05. The molecule has 0 spiro atoms. The molecule has 0 saturated heterocycles. The van der Waals surface area contributed by atoms with E-state index in [2.05, 4.69) is 46.0 Å². The van der Waals surface area contributed by atoms with Crippen LogP contribution in [-0.2, 0) is 4.74 Å². The van der Waals surface area contributed by atoms with Crippen molar-refractivity contribution in [3.05, 3.63) is 0 Å². The topological polar surface area (TPSA) is 45.0 Å². The highest BCUT2D eigenvalue weighted by atomic mass is 16.5. The van der Waals surface area contributed by atoms with Gasteiger partial charge in [0.1, 0.15) is 5.54 Å². The highest BCUT2D eigenvalue weighted by Crippen LogP contribution is 2.39. The van der Waals surface area contributed by atoms with E-state index in [0.717, 1.165) is 38.3 Å². The third-order valence-corrected chi connectivity index (χ3v) is 4.78. The van der Waals surface area contributed by atoms with Crippen molar-refractivity contribution in [3.63, 3.8) is 0 Å². The Morgan fingerprint density at radius 1 is 1.33 bits per heavy atom. The van der Waals surface area contributed by atoms with Gasteiger partial charge in [0, 0.05) is 6.61 Å². The molecule has 0 amide bonds. The smallest absolute Gasteiger partial charge is 0.106 e. The summed E-state index contributed by atoms with van der Waals surface area (Å²) in [5.41, 5.74) is 0.0448. The first-order valence-electron chi connectivity index (χ1n) is 8.64. The zero-order chi connectivity index (χ0) is 15.9. The lowest BCUT2D eigenvalue weighted by molar-refractivity contribution is -0.0250. The standard InChI is InChI=1S/C18H34N2O/c1-6-18(14-19,20-7-2)9-8-10-21-16-11-15(3)12-17(4,5)13-16/h15-16,20H,6-13H2,1-5H3. The van der Waals surface area contributed by atoms with Gasteiger partial charge in [-0.2, -0.15) is 5.26 Å². The fraction of sp³-hybridized carbons (Fsp3) is 0.944. The maximum absolute atomic E-state index is 9.41. The Kier molecular flexibility index (Phi) is 7.16. The SMILES string of the molecule is CCNC(C#N)(CC)CCCOC1CC(C)CC(C)(C)C1. The van der Waals surface area contributed by atoms with Crippen LogP contribution in [-0.4, -0.2) is 24.8 Å². The lowest BCUT2D eigenvalue weighted by Crippen LogP contribution is -2.43. The van der Waals surface area contributed by atoms with Gasteiger partial charge in [-0.15, -0.1) is 0 Å². The fourth-order valence-corrected chi connectivity index (χ4v) is 3.91. The fourth-order valence-electron chi connectivity index (χ4n) is 3.91. The lowest BCUT2D eigenvalue weighted by Gasteiger charge is -2.39. The van der Waals surface area contributed by atoms with Crippen LogP contribution in [0.2, 0.25) is 0 Å². The van der Waals surface area contributed by atoms with Crippen molar-refractivity contribution in [2.24, 2.45) is 11.3 Å². The number of nitrogens with one attached hydrogen (secondary N) is 1. The predicted octanol–water partition coefficient (Wildman–Crippen LogP) is 4.28. The predicted molar refractivity (Wildman–Crippen MR) is 88.1 cm³/mol. The number of rotatable bonds is 8. The van der Waals surface area contributed by atoms with Crippen LogP contribution in [0.25, 0.3) is 0 Å². The molecule has 1 saturated carbocycles. The van der Waals surface area contributed by atoms with E-state index in [1.807, 2.05) is 0 Å². The summed E-state index contributed by atoms with van der Waals surface area (Å²) in [6.45, 7) is 12.8. The summed E-state index contributed by atoms with van der Waals surface area (Å²) in [7, 11) is 0. The lowest BCUT2D eigenvalue weighted by atomic mass is 9.71. The average molecular weight is 294 g/mol. The number of nitriles is 1.